The van der Waals surface area contributed by atoms with Crippen molar-refractivity contribution >= 4 is 20.3 Å². The van der Waals surface area contributed by atoms with Gasteiger partial charge in [-0.1, -0.05) is 0 Å². The van der Waals surface area contributed by atoms with E-state index in [9.17, 15) is 19.4 Å². The standard InChI is InChI=1S/Ag.2Cr.HI.6O/h;;;1H;;;;;;/q+1;;+1;;;;;;;-1/p-1. The molecular formula is AgCr2IO6. The minimum atomic E-state index is -5.77. The van der Waals surface area contributed by atoms with Crippen LogP contribution in [0.25, 0.3) is 0 Å². The van der Waals surface area contributed by atoms with Crippen molar-refractivity contribution in [1.29, 1.82) is 0 Å². The Morgan fingerprint density at radius 2 is 1.50 bits per heavy atom. The average Bonchev–Trinajstić information content (AvgIpc) is 1.14. The molecule has 0 spiro atoms. The van der Waals surface area contributed by atoms with Crippen molar-refractivity contribution in [1.82, 2.24) is 0 Å². The van der Waals surface area contributed by atoms with Gasteiger partial charge in [-0.05, 0) is 0 Å². The molecule has 0 aliphatic carbocycles. The van der Waals surface area contributed by atoms with E-state index in [-0.39, 0.29) is 22.4 Å². The van der Waals surface area contributed by atoms with E-state index >= 15 is 0 Å². The molecule has 0 aliphatic heterocycles. The first kappa shape index (κ1) is 14.2. The van der Waals surface area contributed by atoms with Crippen LogP contribution in [0.4, 0.5) is 0 Å². The molecule has 0 saturated carbocycles. The summed E-state index contributed by atoms with van der Waals surface area (Å²) in [5, 5.41) is 0. The first-order valence-electron chi connectivity index (χ1n) is 1.32. The summed E-state index contributed by atoms with van der Waals surface area (Å²) in [6.45, 7) is 0. The number of halogens is 1. The summed E-state index contributed by atoms with van der Waals surface area (Å²) in [5.41, 5.74) is 0. The molecule has 66 valence electrons. The van der Waals surface area contributed by atoms with E-state index in [0.717, 1.165) is 20.3 Å². The van der Waals surface area contributed by atoms with Crippen molar-refractivity contribution in [3.8, 4) is 0 Å². The summed E-state index contributed by atoms with van der Waals surface area (Å²) in [6.07, 6.45) is 0. The second-order valence-corrected chi connectivity index (χ2v) is 8.91. The van der Waals surface area contributed by atoms with Crippen molar-refractivity contribution in [2.45, 2.75) is 0 Å². The molecule has 0 amide bonds. The third kappa shape index (κ3) is 12.3. The molecule has 0 unspecified atom stereocenters. The molecule has 10 heteroatoms. The maximum absolute atomic E-state index is 9.92. The Bertz CT molecular complexity index is 241. The zero-order chi connectivity index (χ0) is 7.71. The molecule has 0 N–H and O–H groups in total. The predicted molar refractivity (Wildman–Crippen MR) is 17.9 cm³/mol. The van der Waals surface area contributed by atoms with Gasteiger partial charge in [-0.2, -0.15) is 0 Å². The summed E-state index contributed by atoms with van der Waals surface area (Å²) in [6, 6.07) is 0. The van der Waals surface area contributed by atoms with E-state index < -0.39 is 23.6 Å². The fraction of sp³-hybridized carbons (Fsp3) is 0. The van der Waals surface area contributed by atoms with E-state index in [2.05, 4.69) is 2.84 Å². The van der Waals surface area contributed by atoms with Crippen LogP contribution in [0, 0.1) is 0 Å². The van der Waals surface area contributed by atoms with E-state index in [1.54, 1.807) is 0 Å². The fourth-order valence-corrected chi connectivity index (χ4v) is 4.75. The third-order valence-corrected chi connectivity index (χ3v) is 5.29. The van der Waals surface area contributed by atoms with E-state index in [1.807, 2.05) is 0 Å². The van der Waals surface area contributed by atoms with Crippen LogP contribution in [0.2, 0.25) is 0 Å². The topological polar surface area (TPSA) is 101 Å². The van der Waals surface area contributed by atoms with Gasteiger partial charge >= 0.3 is 88.5 Å². The Hall–Kier alpha value is 1.66. The van der Waals surface area contributed by atoms with Crippen molar-refractivity contribution < 1.29 is 68.2 Å². The number of hydrogen-bond acceptors (Lipinski definition) is 6. The van der Waals surface area contributed by atoms with Crippen LogP contribution in [-0.4, -0.2) is 0 Å². The zero-order valence-electron chi connectivity index (χ0n) is 3.95. The Labute approximate surface area is 87.3 Å². The second-order valence-electron chi connectivity index (χ2n) is 0.869. The summed E-state index contributed by atoms with van der Waals surface area (Å²) >= 11 is -5.00. The summed E-state index contributed by atoms with van der Waals surface area (Å²) < 4.78 is 51.7. The quantitative estimate of drug-likeness (QED) is 0.414. The molecule has 0 aromatic carbocycles. The van der Waals surface area contributed by atoms with Crippen LogP contribution in [-0.2, 0) is 64.0 Å². The van der Waals surface area contributed by atoms with E-state index in [0.29, 0.717) is 0 Å². The molecule has 0 heterocycles. The average molecular weight is 435 g/mol. The Morgan fingerprint density at radius 3 is 1.50 bits per heavy atom. The zero-order valence-corrected chi connectivity index (χ0v) is 10.1. The Kier molecular flexibility index (Phi) is 6.56. The molecule has 0 rings (SSSR count). The van der Waals surface area contributed by atoms with Crippen LogP contribution in [0.3, 0.4) is 0 Å². The molecule has 0 atom stereocenters. The molecule has 0 saturated heterocycles. The minimum absolute atomic E-state index is 0. The van der Waals surface area contributed by atoms with Crippen molar-refractivity contribution in [2.75, 3.05) is 0 Å². The van der Waals surface area contributed by atoms with Gasteiger partial charge in [-0.3, -0.25) is 0 Å². The normalized spacial score (nSPS) is 12.2. The van der Waals surface area contributed by atoms with Gasteiger partial charge in [-0.15, -0.1) is 0 Å². The van der Waals surface area contributed by atoms with Gasteiger partial charge in [0.25, 0.3) is 0 Å². The van der Waals surface area contributed by atoms with Crippen molar-refractivity contribution in [3.05, 3.63) is 0 Å². The predicted octanol–water partition coefficient (Wildman–Crippen LogP) is -0.854. The van der Waals surface area contributed by atoms with Crippen molar-refractivity contribution in [3.63, 3.8) is 0 Å². The molecular weight excluding hydrogens is 435 g/mol. The Balaban J connectivity index is 0. The van der Waals surface area contributed by atoms with Gasteiger partial charge in [-0.25, -0.2) is 0 Å². The molecule has 0 fully saturated rings. The van der Waals surface area contributed by atoms with Crippen LogP contribution >= 0.6 is 20.3 Å². The molecule has 0 radical (unpaired) electrons. The summed E-state index contributed by atoms with van der Waals surface area (Å²) in [5.74, 6) is 0. The molecule has 0 bridgehead atoms. The van der Waals surface area contributed by atoms with Crippen molar-refractivity contribution in [2.24, 2.45) is 0 Å². The molecule has 0 aliphatic rings. The van der Waals surface area contributed by atoms with Crippen LogP contribution in [0.15, 0.2) is 0 Å². The molecule has 0 aromatic rings. The SMILES string of the molecule is [Ag+].[O]=[Cr](=[O])([O-])[O][Cr](=[O])(=[O])[I]. The molecule has 10 heavy (non-hydrogen) atoms. The monoisotopic (exact) mass is 434 g/mol. The van der Waals surface area contributed by atoms with Gasteiger partial charge < -0.3 is 0 Å². The second kappa shape index (κ2) is 4.62. The van der Waals surface area contributed by atoms with Gasteiger partial charge in [0.15, 0.2) is 0 Å². The first-order valence-corrected chi connectivity index (χ1v) is 9.08. The van der Waals surface area contributed by atoms with Gasteiger partial charge in [0.05, 0.1) is 0 Å². The number of hydrogen-bond donors (Lipinski definition) is 0. The van der Waals surface area contributed by atoms with E-state index in [1.165, 1.54) is 0 Å². The van der Waals surface area contributed by atoms with Crippen LogP contribution in [0.1, 0.15) is 0 Å². The fourth-order valence-electron chi connectivity index (χ4n) is 0.0995. The number of rotatable bonds is 2. The maximum atomic E-state index is 9.92. The van der Waals surface area contributed by atoms with Crippen LogP contribution < -0.4 is 4.16 Å². The van der Waals surface area contributed by atoms with Crippen LogP contribution in [0.5, 0.6) is 0 Å². The van der Waals surface area contributed by atoms with Gasteiger partial charge in [0, 0.05) is 0 Å². The summed E-state index contributed by atoms with van der Waals surface area (Å²) in [4.78, 5) is 0. The van der Waals surface area contributed by atoms with Gasteiger partial charge in [0.2, 0.25) is 0 Å². The van der Waals surface area contributed by atoms with E-state index in [4.69, 9.17) is 0 Å². The third-order valence-electron chi connectivity index (χ3n) is 0.165. The Morgan fingerprint density at radius 1 is 1.20 bits per heavy atom. The first-order chi connectivity index (χ1) is 3.71. The molecule has 0 aromatic heterocycles. The summed E-state index contributed by atoms with van der Waals surface area (Å²) in [7, 11) is -4.85. The molecule has 6 nitrogen and oxygen atoms in total. The van der Waals surface area contributed by atoms with Gasteiger partial charge in [0.1, 0.15) is 0 Å².